The van der Waals surface area contributed by atoms with Gasteiger partial charge in [-0.25, -0.2) is 18.2 Å². The number of halogens is 3. The predicted octanol–water partition coefficient (Wildman–Crippen LogP) is 2.35. The molecule has 2 heterocycles. The van der Waals surface area contributed by atoms with Crippen LogP contribution in [-0.2, 0) is 4.79 Å². The Morgan fingerprint density at radius 3 is 2.45 bits per heavy atom. The fourth-order valence-electron chi connectivity index (χ4n) is 3.60. The molecule has 0 bridgehead atoms. The minimum absolute atomic E-state index is 0.00893. The van der Waals surface area contributed by atoms with E-state index >= 15 is 0 Å². The molecule has 3 N–H and O–H groups in total. The van der Waals surface area contributed by atoms with Gasteiger partial charge in [-0.15, -0.1) is 0 Å². The van der Waals surface area contributed by atoms with E-state index in [9.17, 15) is 22.8 Å². The van der Waals surface area contributed by atoms with Gasteiger partial charge in [0.05, 0.1) is 5.69 Å². The van der Waals surface area contributed by atoms with E-state index in [2.05, 4.69) is 25.9 Å². The van der Waals surface area contributed by atoms with Crippen molar-refractivity contribution in [3.8, 4) is 0 Å². The Labute approximate surface area is 176 Å². The summed E-state index contributed by atoms with van der Waals surface area (Å²) >= 11 is 0. The molecule has 2 aromatic rings. The van der Waals surface area contributed by atoms with Crippen LogP contribution < -0.4 is 20.9 Å². The van der Waals surface area contributed by atoms with Gasteiger partial charge in [-0.3, -0.25) is 9.59 Å². The standard InChI is InChI=1S/C20H21F3N6O2/c1-8-16-17(29(3)9(2)18(30)27-16)28-20(24-8)26-12-6-11(7-12)25-19(31)10-4-13(21)15(23)14(22)5-10/h4-5,9,11-12H,6-7H2,1-3H3,(H,25,31)(H,27,30)(H,24,26,28)/t9-,11-,12+/m0/s1. The SMILES string of the molecule is Cc1nc(N[C@H]2C[C@@H](NC(=O)c3cc(F)c(F)c(F)c3)C2)nc2c1NC(=O)[C@H](C)N2C. The number of hydrogen-bond donors (Lipinski definition) is 3. The molecule has 8 nitrogen and oxygen atoms in total. The van der Waals surface area contributed by atoms with Crippen molar-refractivity contribution in [2.24, 2.45) is 0 Å². The van der Waals surface area contributed by atoms with Crippen molar-refractivity contribution >= 4 is 29.3 Å². The van der Waals surface area contributed by atoms with Crippen molar-refractivity contribution in [2.75, 3.05) is 22.6 Å². The highest BCUT2D eigenvalue weighted by molar-refractivity contribution is 6.03. The lowest BCUT2D eigenvalue weighted by molar-refractivity contribution is -0.117. The number of aromatic nitrogens is 2. The molecule has 1 atom stereocenters. The average molecular weight is 434 g/mol. The summed E-state index contributed by atoms with van der Waals surface area (Å²) in [6, 6.07) is 0.760. The molecule has 0 saturated heterocycles. The second-order valence-corrected chi connectivity index (χ2v) is 7.84. The maximum absolute atomic E-state index is 13.3. The van der Waals surface area contributed by atoms with E-state index in [-0.39, 0.29) is 29.6 Å². The second-order valence-electron chi connectivity index (χ2n) is 7.84. The summed E-state index contributed by atoms with van der Waals surface area (Å²) in [5, 5.41) is 8.69. The summed E-state index contributed by atoms with van der Waals surface area (Å²) in [4.78, 5) is 34.9. The zero-order valence-electron chi connectivity index (χ0n) is 17.1. The molecule has 4 rings (SSSR count). The van der Waals surface area contributed by atoms with Gasteiger partial charge >= 0.3 is 0 Å². The molecule has 31 heavy (non-hydrogen) atoms. The number of benzene rings is 1. The fraction of sp³-hybridized carbons (Fsp3) is 0.400. The molecule has 0 unspecified atom stereocenters. The Bertz CT molecular complexity index is 1050. The maximum atomic E-state index is 13.3. The molecule has 1 aliphatic carbocycles. The number of rotatable bonds is 4. The van der Waals surface area contributed by atoms with Gasteiger partial charge in [0.15, 0.2) is 23.3 Å². The summed E-state index contributed by atoms with van der Waals surface area (Å²) < 4.78 is 39.7. The van der Waals surface area contributed by atoms with Crippen LogP contribution in [0.3, 0.4) is 0 Å². The Balaban J connectivity index is 1.37. The molecule has 1 saturated carbocycles. The average Bonchev–Trinajstić information content (AvgIpc) is 2.69. The van der Waals surface area contributed by atoms with E-state index in [0.717, 1.165) is 0 Å². The number of fused-ring (bicyclic) bond motifs is 1. The number of amides is 2. The number of likely N-dealkylation sites (N-methyl/N-ethyl adjacent to an activating group) is 1. The first-order valence-electron chi connectivity index (χ1n) is 9.78. The monoisotopic (exact) mass is 434 g/mol. The van der Waals surface area contributed by atoms with Gasteiger partial charge in [0, 0.05) is 24.7 Å². The van der Waals surface area contributed by atoms with Crippen molar-refractivity contribution in [2.45, 2.75) is 44.8 Å². The Morgan fingerprint density at radius 1 is 1.16 bits per heavy atom. The molecule has 2 amide bonds. The molecular weight excluding hydrogens is 413 g/mol. The van der Waals surface area contributed by atoms with Crippen molar-refractivity contribution < 1.29 is 22.8 Å². The first-order valence-corrected chi connectivity index (χ1v) is 9.78. The number of anilines is 3. The minimum atomic E-state index is -1.61. The van der Waals surface area contributed by atoms with Gasteiger partial charge in [0.2, 0.25) is 11.9 Å². The first-order chi connectivity index (χ1) is 14.6. The van der Waals surface area contributed by atoms with Crippen LogP contribution in [0.1, 0.15) is 35.8 Å². The molecule has 1 fully saturated rings. The molecule has 1 aromatic carbocycles. The van der Waals surface area contributed by atoms with Crippen LogP contribution in [0, 0.1) is 24.4 Å². The summed E-state index contributed by atoms with van der Waals surface area (Å²) in [7, 11) is 1.79. The third-order valence-electron chi connectivity index (χ3n) is 5.67. The van der Waals surface area contributed by atoms with Gasteiger partial charge in [0.25, 0.3) is 5.91 Å². The van der Waals surface area contributed by atoms with Crippen molar-refractivity contribution in [1.29, 1.82) is 0 Å². The van der Waals surface area contributed by atoms with Gasteiger partial charge in [0.1, 0.15) is 11.7 Å². The number of hydrogen-bond acceptors (Lipinski definition) is 6. The lowest BCUT2D eigenvalue weighted by atomic mass is 9.86. The van der Waals surface area contributed by atoms with Crippen LogP contribution in [0.2, 0.25) is 0 Å². The summed E-state index contributed by atoms with van der Waals surface area (Å²) in [5.41, 5.74) is 0.929. The van der Waals surface area contributed by atoms with Crippen LogP contribution in [0.4, 0.5) is 30.6 Å². The highest BCUT2D eigenvalue weighted by Crippen LogP contribution is 2.33. The van der Waals surface area contributed by atoms with Gasteiger partial charge in [-0.05, 0) is 38.8 Å². The Hall–Kier alpha value is -3.37. The predicted molar refractivity (Wildman–Crippen MR) is 107 cm³/mol. The normalized spacial score (nSPS) is 22.3. The first kappa shape index (κ1) is 20.9. The van der Waals surface area contributed by atoms with Crippen molar-refractivity contribution in [3.63, 3.8) is 0 Å². The van der Waals surface area contributed by atoms with E-state index in [1.807, 2.05) is 0 Å². The Morgan fingerprint density at radius 2 is 1.81 bits per heavy atom. The van der Waals surface area contributed by atoms with Crippen LogP contribution in [-0.4, -0.2) is 47.0 Å². The molecule has 1 aromatic heterocycles. The van der Waals surface area contributed by atoms with E-state index < -0.39 is 23.4 Å². The van der Waals surface area contributed by atoms with E-state index in [0.29, 0.717) is 48.1 Å². The maximum Gasteiger partial charge on any atom is 0.251 e. The van der Waals surface area contributed by atoms with Crippen molar-refractivity contribution in [3.05, 3.63) is 40.8 Å². The van der Waals surface area contributed by atoms with E-state index in [1.54, 1.807) is 25.8 Å². The summed E-state index contributed by atoms with van der Waals surface area (Å²) in [5.74, 6) is -4.20. The number of nitrogens with zero attached hydrogens (tertiary/aromatic N) is 3. The number of carbonyl (C=O) groups is 2. The lowest BCUT2D eigenvalue weighted by Gasteiger charge is -2.37. The summed E-state index contributed by atoms with van der Waals surface area (Å²) in [6.07, 6.45) is 1.11. The second kappa shape index (κ2) is 7.71. The Kier molecular flexibility index (Phi) is 5.19. The number of nitrogens with one attached hydrogen (secondary N) is 3. The fourth-order valence-corrected chi connectivity index (χ4v) is 3.60. The number of carbonyl (C=O) groups excluding carboxylic acids is 2. The van der Waals surface area contributed by atoms with Crippen LogP contribution in [0.15, 0.2) is 12.1 Å². The van der Waals surface area contributed by atoms with Gasteiger partial charge in [-0.1, -0.05) is 0 Å². The van der Waals surface area contributed by atoms with Crippen LogP contribution in [0.5, 0.6) is 0 Å². The smallest absolute Gasteiger partial charge is 0.251 e. The zero-order chi connectivity index (χ0) is 22.4. The largest absolute Gasteiger partial charge is 0.351 e. The highest BCUT2D eigenvalue weighted by atomic mass is 19.2. The molecule has 11 heteroatoms. The van der Waals surface area contributed by atoms with E-state index in [1.165, 1.54) is 0 Å². The highest BCUT2D eigenvalue weighted by Gasteiger charge is 2.33. The van der Waals surface area contributed by atoms with Crippen LogP contribution in [0.25, 0.3) is 0 Å². The summed E-state index contributed by atoms with van der Waals surface area (Å²) in [6.45, 7) is 3.56. The minimum Gasteiger partial charge on any atom is -0.351 e. The molecule has 2 aliphatic rings. The van der Waals surface area contributed by atoms with Gasteiger partial charge < -0.3 is 20.9 Å². The lowest BCUT2D eigenvalue weighted by Crippen LogP contribution is -2.50. The third kappa shape index (κ3) is 3.87. The topological polar surface area (TPSA) is 99.2 Å². The molecule has 0 radical (unpaired) electrons. The zero-order valence-corrected chi connectivity index (χ0v) is 17.1. The molecule has 164 valence electrons. The quantitative estimate of drug-likeness (QED) is 0.639. The van der Waals surface area contributed by atoms with E-state index in [4.69, 9.17) is 0 Å². The van der Waals surface area contributed by atoms with Gasteiger partial charge in [-0.2, -0.15) is 4.98 Å². The molecular formula is C20H21F3N6O2. The number of aryl methyl sites for hydroxylation is 1. The molecule has 0 spiro atoms. The van der Waals surface area contributed by atoms with Crippen LogP contribution >= 0.6 is 0 Å². The molecule has 1 aliphatic heterocycles. The van der Waals surface area contributed by atoms with Crippen molar-refractivity contribution in [1.82, 2.24) is 15.3 Å². The third-order valence-corrected chi connectivity index (χ3v) is 5.67.